The van der Waals surface area contributed by atoms with Gasteiger partial charge in [-0.3, -0.25) is 9.78 Å². The van der Waals surface area contributed by atoms with E-state index in [0.717, 1.165) is 17.8 Å². The van der Waals surface area contributed by atoms with Crippen LogP contribution in [0.3, 0.4) is 0 Å². The van der Waals surface area contributed by atoms with Gasteiger partial charge in [0.25, 0.3) is 0 Å². The van der Waals surface area contributed by atoms with Gasteiger partial charge in [0, 0.05) is 23.4 Å². The molecule has 1 aliphatic heterocycles. The molecule has 0 saturated carbocycles. The molecule has 1 amide bonds. The molecule has 3 rings (SSSR count). The van der Waals surface area contributed by atoms with Gasteiger partial charge >= 0.3 is 0 Å². The minimum atomic E-state index is -0.409. The van der Waals surface area contributed by atoms with Gasteiger partial charge in [-0.15, -0.1) is 0 Å². The highest BCUT2D eigenvalue weighted by atomic mass is 16.1. The Hall–Kier alpha value is -2.20. The monoisotopic (exact) mass is 281 g/mol. The van der Waals surface area contributed by atoms with Crippen LogP contribution in [0, 0.1) is 0 Å². The zero-order valence-electron chi connectivity index (χ0n) is 11.9. The van der Waals surface area contributed by atoms with Crippen molar-refractivity contribution in [3.8, 4) is 11.3 Å². The number of nitrogens with zero attached hydrogens (tertiary/aromatic N) is 1. The van der Waals surface area contributed by atoms with Crippen molar-refractivity contribution in [2.75, 3.05) is 6.54 Å². The molecule has 3 N–H and O–H groups in total. The van der Waals surface area contributed by atoms with Gasteiger partial charge in [-0.25, -0.2) is 0 Å². The van der Waals surface area contributed by atoms with Crippen molar-refractivity contribution >= 4 is 5.91 Å². The number of nitrogens with two attached hydrogens (primary N) is 1. The Morgan fingerprint density at radius 3 is 2.52 bits per heavy atom. The Bertz CT molecular complexity index is 613. The molecule has 0 radical (unpaired) electrons. The van der Waals surface area contributed by atoms with Crippen LogP contribution in [0.4, 0.5) is 0 Å². The van der Waals surface area contributed by atoms with Gasteiger partial charge in [-0.1, -0.05) is 24.6 Å². The average molecular weight is 281 g/mol. The Morgan fingerprint density at radius 2 is 1.95 bits per heavy atom. The predicted molar refractivity (Wildman–Crippen MR) is 82.8 cm³/mol. The normalized spacial score (nSPS) is 18.4. The van der Waals surface area contributed by atoms with E-state index >= 15 is 0 Å². The molecule has 0 bridgehead atoms. The van der Waals surface area contributed by atoms with Crippen LogP contribution >= 0.6 is 0 Å². The van der Waals surface area contributed by atoms with Gasteiger partial charge in [0.15, 0.2) is 0 Å². The summed E-state index contributed by atoms with van der Waals surface area (Å²) in [7, 11) is 0. The highest BCUT2D eigenvalue weighted by Crippen LogP contribution is 2.24. The lowest BCUT2D eigenvalue weighted by Gasteiger charge is -2.23. The van der Waals surface area contributed by atoms with Gasteiger partial charge in [0.05, 0.1) is 5.69 Å². The number of amides is 1. The summed E-state index contributed by atoms with van der Waals surface area (Å²) in [6.45, 7) is 1.08. The summed E-state index contributed by atoms with van der Waals surface area (Å²) in [5.74, 6) is -0.409. The smallest absolute Gasteiger partial charge is 0.248 e. The second-order valence-corrected chi connectivity index (χ2v) is 5.42. The van der Waals surface area contributed by atoms with Crippen LogP contribution in [-0.4, -0.2) is 17.4 Å². The molecular formula is C17H19N3O. The summed E-state index contributed by atoms with van der Waals surface area (Å²) < 4.78 is 0. The third-order valence-electron chi connectivity index (χ3n) is 3.96. The molecule has 1 aliphatic rings. The molecule has 1 aromatic carbocycles. The van der Waals surface area contributed by atoms with E-state index in [1.54, 1.807) is 12.1 Å². The quantitative estimate of drug-likeness (QED) is 0.908. The van der Waals surface area contributed by atoms with Gasteiger partial charge in [-0.2, -0.15) is 0 Å². The van der Waals surface area contributed by atoms with Gasteiger partial charge < -0.3 is 11.1 Å². The van der Waals surface area contributed by atoms with E-state index in [1.165, 1.54) is 24.8 Å². The maximum Gasteiger partial charge on any atom is 0.248 e. The van der Waals surface area contributed by atoms with Crippen LogP contribution in [-0.2, 0) is 0 Å². The Morgan fingerprint density at radius 1 is 1.14 bits per heavy atom. The molecule has 2 aromatic rings. The highest BCUT2D eigenvalue weighted by molar-refractivity contribution is 5.93. The Balaban J connectivity index is 1.78. The van der Waals surface area contributed by atoms with Crippen molar-refractivity contribution in [2.24, 2.45) is 5.73 Å². The summed E-state index contributed by atoms with van der Waals surface area (Å²) in [6, 6.07) is 11.8. The first kappa shape index (κ1) is 13.8. The SMILES string of the molecule is NC(=O)c1ccc(-c2ccc([C@H]3CCCCN3)cn2)cc1. The number of hydrogen-bond donors (Lipinski definition) is 2. The molecule has 1 saturated heterocycles. The third kappa shape index (κ3) is 3.11. The molecule has 0 spiro atoms. The summed E-state index contributed by atoms with van der Waals surface area (Å²) >= 11 is 0. The summed E-state index contributed by atoms with van der Waals surface area (Å²) in [4.78, 5) is 15.6. The molecule has 4 nitrogen and oxygen atoms in total. The van der Waals surface area contributed by atoms with Crippen molar-refractivity contribution < 1.29 is 4.79 Å². The van der Waals surface area contributed by atoms with Crippen LogP contribution in [0.25, 0.3) is 11.3 Å². The summed E-state index contributed by atoms with van der Waals surface area (Å²) in [6.07, 6.45) is 5.65. The second-order valence-electron chi connectivity index (χ2n) is 5.42. The molecule has 1 fully saturated rings. The maximum atomic E-state index is 11.1. The minimum Gasteiger partial charge on any atom is -0.366 e. The lowest BCUT2D eigenvalue weighted by atomic mass is 9.98. The Kier molecular flexibility index (Phi) is 3.97. The average Bonchev–Trinajstić information content (AvgIpc) is 2.56. The third-order valence-corrected chi connectivity index (χ3v) is 3.96. The van der Waals surface area contributed by atoms with E-state index < -0.39 is 5.91 Å². The number of primary amides is 1. The lowest BCUT2D eigenvalue weighted by Crippen LogP contribution is -2.26. The number of rotatable bonds is 3. The topological polar surface area (TPSA) is 68.0 Å². The highest BCUT2D eigenvalue weighted by Gasteiger charge is 2.14. The number of nitrogens with one attached hydrogen (secondary N) is 1. The fourth-order valence-electron chi connectivity index (χ4n) is 2.72. The molecule has 1 aromatic heterocycles. The van der Waals surface area contributed by atoms with E-state index in [0.29, 0.717) is 11.6 Å². The number of piperidine rings is 1. The van der Waals surface area contributed by atoms with E-state index in [4.69, 9.17) is 5.73 Å². The molecule has 2 heterocycles. The van der Waals surface area contributed by atoms with Crippen LogP contribution in [0.15, 0.2) is 42.6 Å². The fraction of sp³-hybridized carbons (Fsp3) is 0.294. The van der Waals surface area contributed by atoms with Crippen LogP contribution < -0.4 is 11.1 Å². The van der Waals surface area contributed by atoms with Crippen LogP contribution in [0.1, 0.15) is 41.2 Å². The first-order chi connectivity index (χ1) is 10.2. The van der Waals surface area contributed by atoms with Crippen molar-refractivity contribution in [1.82, 2.24) is 10.3 Å². The number of carbonyl (C=O) groups excluding carboxylic acids is 1. The number of pyridine rings is 1. The van der Waals surface area contributed by atoms with Crippen LogP contribution in [0.2, 0.25) is 0 Å². The van der Waals surface area contributed by atoms with E-state index in [1.807, 2.05) is 24.4 Å². The van der Waals surface area contributed by atoms with Gasteiger partial charge in [-0.05, 0) is 43.1 Å². The van der Waals surface area contributed by atoms with E-state index in [9.17, 15) is 4.79 Å². The van der Waals surface area contributed by atoms with Gasteiger partial charge in [0.1, 0.15) is 0 Å². The maximum absolute atomic E-state index is 11.1. The number of benzene rings is 1. The second kappa shape index (κ2) is 6.06. The molecule has 0 unspecified atom stereocenters. The standard InChI is InChI=1S/C17H19N3O/c18-17(21)13-6-4-12(5-7-13)16-9-8-14(11-20-16)15-3-1-2-10-19-15/h4-9,11,15,19H,1-3,10H2,(H2,18,21)/t15-/m1/s1. The molecule has 4 heteroatoms. The first-order valence-corrected chi connectivity index (χ1v) is 7.33. The number of aromatic nitrogens is 1. The van der Waals surface area contributed by atoms with Gasteiger partial charge in [0.2, 0.25) is 5.91 Å². The van der Waals surface area contributed by atoms with E-state index in [-0.39, 0.29) is 0 Å². The van der Waals surface area contributed by atoms with Crippen molar-refractivity contribution in [3.63, 3.8) is 0 Å². The van der Waals surface area contributed by atoms with E-state index in [2.05, 4.69) is 16.4 Å². The zero-order chi connectivity index (χ0) is 14.7. The zero-order valence-corrected chi connectivity index (χ0v) is 11.9. The summed E-state index contributed by atoms with van der Waals surface area (Å²) in [5, 5.41) is 3.52. The number of hydrogen-bond acceptors (Lipinski definition) is 3. The summed E-state index contributed by atoms with van der Waals surface area (Å²) in [5.41, 5.74) is 8.90. The molecule has 21 heavy (non-hydrogen) atoms. The molecule has 0 aliphatic carbocycles. The molecule has 108 valence electrons. The molecule has 1 atom stereocenters. The first-order valence-electron chi connectivity index (χ1n) is 7.33. The lowest BCUT2D eigenvalue weighted by molar-refractivity contribution is 0.100. The van der Waals surface area contributed by atoms with Crippen molar-refractivity contribution in [3.05, 3.63) is 53.7 Å². The van der Waals surface area contributed by atoms with Crippen molar-refractivity contribution in [2.45, 2.75) is 25.3 Å². The molecular weight excluding hydrogens is 262 g/mol. The van der Waals surface area contributed by atoms with Crippen molar-refractivity contribution in [1.29, 1.82) is 0 Å². The number of carbonyl (C=O) groups is 1. The largest absolute Gasteiger partial charge is 0.366 e. The predicted octanol–water partition coefficient (Wildman–Crippen LogP) is 2.66. The van der Waals surface area contributed by atoms with Crippen LogP contribution in [0.5, 0.6) is 0 Å². The minimum absolute atomic E-state index is 0.409. The Labute approximate surface area is 124 Å². The fourth-order valence-corrected chi connectivity index (χ4v) is 2.72.